The molecule has 1 saturated carbocycles. The Bertz CT molecular complexity index is 384. The van der Waals surface area contributed by atoms with Crippen LogP contribution in [0, 0.1) is 9.49 Å². The van der Waals surface area contributed by atoms with Crippen LogP contribution in [0.4, 0.5) is 0 Å². The lowest BCUT2D eigenvalue weighted by atomic mass is 9.86. The van der Waals surface area contributed by atoms with E-state index < -0.39 is 0 Å². The van der Waals surface area contributed by atoms with Gasteiger partial charge in [0.05, 0.1) is 3.57 Å². The fourth-order valence-electron chi connectivity index (χ4n) is 2.25. The Labute approximate surface area is 116 Å². The van der Waals surface area contributed by atoms with Crippen LogP contribution < -0.4 is 4.74 Å². The maximum Gasteiger partial charge on any atom is 0.173 e. The Morgan fingerprint density at radius 1 is 1.24 bits per heavy atom. The summed E-state index contributed by atoms with van der Waals surface area (Å²) in [5.41, 5.74) is 0. The minimum atomic E-state index is 0.227. The predicted molar refractivity (Wildman–Crippen MR) is 76.2 cm³/mol. The number of hydrogen-bond donors (Lipinski definition) is 0. The second-order valence-electron chi connectivity index (χ2n) is 4.52. The molecule has 3 heteroatoms. The van der Waals surface area contributed by atoms with Crippen LogP contribution in [0.25, 0.3) is 0 Å². The molecule has 1 aliphatic rings. The molecule has 1 aromatic rings. The van der Waals surface area contributed by atoms with Crippen LogP contribution in [-0.2, 0) is 4.79 Å². The molecule has 0 aliphatic heterocycles. The zero-order valence-electron chi connectivity index (χ0n) is 9.82. The van der Waals surface area contributed by atoms with Crippen molar-refractivity contribution in [2.45, 2.75) is 32.1 Å². The Balaban J connectivity index is 1.85. The van der Waals surface area contributed by atoms with Crippen molar-refractivity contribution < 1.29 is 9.53 Å². The van der Waals surface area contributed by atoms with Crippen molar-refractivity contribution in [3.05, 3.63) is 27.8 Å². The van der Waals surface area contributed by atoms with Crippen LogP contribution >= 0.6 is 22.6 Å². The van der Waals surface area contributed by atoms with Crippen LogP contribution in [0.2, 0.25) is 0 Å². The van der Waals surface area contributed by atoms with Crippen LogP contribution in [0.1, 0.15) is 32.1 Å². The number of halogens is 1. The van der Waals surface area contributed by atoms with Crippen molar-refractivity contribution >= 4 is 28.4 Å². The Hall–Kier alpha value is -0.580. The van der Waals surface area contributed by atoms with E-state index >= 15 is 0 Å². The molecule has 0 unspecified atom stereocenters. The molecule has 0 atom stereocenters. The number of para-hydroxylation sites is 1. The Kier molecular flexibility index (Phi) is 4.83. The number of rotatable bonds is 4. The molecule has 1 aromatic carbocycles. The number of hydrogen-bond acceptors (Lipinski definition) is 2. The first-order chi connectivity index (χ1) is 8.27. The summed E-state index contributed by atoms with van der Waals surface area (Å²) >= 11 is 2.23. The molecule has 2 rings (SSSR count). The van der Waals surface area contributed by atoms with Crippen LogP contribution in [-0.4, -0.2) is 12.4 Å². The van der Waals surface area contributed by atoms with Gasteiger partial charge in [0.2, 0.25) is 0 Å². The van der Waals surface area contributed by atoms with Gasteiger partial charge in [0.1, 0.15) is 12.4 Å². The number of benzene rings is 1. The fourth-order valence-corrected chi connectivity index (χ4v) is 2.80. The minimum absolute atomic E-state index is 0.227. The fraction of sp³-hybridized carbons (Fsp3) is 0.500. The Morgan fingerprint density at radius 3 is 2.65 bits per heavy atom. The molecule has 2 nitrogen and oxygen atoms in total. The first kappa shape index (κ1) is 12.9. The van der Waals surface area contributed by atoms with Gasteiger partial charge in [0.15, 0.2) is 5.78 Å². The highest BCUT2D eigenvalue weighted by molar-refractivity contribution is 14.1. The molecule has 0 radical (unpaired) electrons. The number of ether oxygens (including phenoxy) is 1. The van der Waals surface area contributed by atoms with Crippen molar-refractivity contribution in [2.75, 3.05) is 6.61 Å². The van der Waals surface area contributed by atoms with E-state index in [1.165, 1.54) is 19.3 Å². The summed E-state index contributed by atoms with van der Waals surface area (Å²) in [6, 6.07) is 7.80. The highest BCUT2D eigenvalue weighted by Gasteiger charge is 2.21. The van der Waals surface area contributed by atoms with Crippen molar-refractivity contribution in [3.63, 3.8) is 0 Å². The van der Waals surface area contributed by atoms with Crippen LogP contribution in [0.15, 0.2) is 24.3 Å². The molecule has 1 fully saturated rings. The quantitative estimate of drug-likeness (QED) is 0.777. The summed E-state index contributed by atoms with van der Waals surface area (Å²) in [7, 11) is 0. The van der Waals surface area contributed by atoms with Gasteiger partial charge < -0.3 is 4.74 Å². The third-order valence-corrected chi connectivity index (χ3v) is 4.16. The molecule has 1 aliphatic carbocycles. The molecule has 0 saturated heterocycles. The van der Waals surface area contributed by atoms with Crippen LogP contribution in [0.3, 0.4) is 0 Å². The number of ketones is 1. The summed E-state index contributed by atoms with van der Waals surface area (Å²) in [6.07, 6.45) is 5.77. The lowest BCUT2D eigenvalue weighted by molar-refractivity contribution is -0.125. The molecule has 0 bridgehead atoms. The third-order valence-electron chi connectivity index (χ3n) is 3.27. The van der Waals surface area contributed by atoms with Gasteiger partial charge in [-0.1, -0.05) is 31.4 Å². The molecule has 0 spiro atoms. The van der Waals surface area contributed by atoms with Gasteiger partial charge in [-0.15, -0.1) is 0 Å². The van der Waals surface area contributed by atoms with Gasteiger partial charge in [-0.3, -0.25) is 4.79 Å². The number of Topliss-reactive ketones (excluding diaryl/α,β-unsaturated/α-hetero) is 1. The topological polar surface area (TPSA) is 26.3 Å². The van der Waals surface area contributed by atoms with Gasteiger partial charge in [-0.05, 0) is 47.6 Å². The highest BCUT2D eigenvalue weighted by Crippen LogP contribution is 2.25. The summed E-state index contributed by atoms with van der Waals surface area (Å²) in [5.74, 6) is 1.33. The lowest BCUT2D eigenvalue weighted by Gasteiger charge is -2.20. The van der Waals surface area contributed by atoms with E-state index in [1.807, 2.05) is 24.3 Å². The largest absolute Gasteiger partial charge is 0.485 e. The number of carbonyl (C=O) groups excluding carboxylic acids is 1. The second-order valence-corrected chi connectivity index (χ2v) is 5.68. The molecule has 0 amide bonds. The average molecular weight is 344 g/mol. The molecule has 17 heavy (non-hydrogen) atoms. The van der Waals surface area contributed by atoms with E-state index in [2.05, 4.69) is 22.6 Å². The molecular formula is C14H17IO2. The lowest BCUT2D eigenvalue weighted by Crippen LogP contribution is -2.23. The normalized spacial score (nSPS) is 16.8. The van der Waals surface area contributed by atoms with Gasteiger partial charge in [-0.2, -0.15) is 0 Å². The van der Waals surface area contributed by atoms with E-state index in [-0.39, 0.29) is 18.3 Å². The van der Waals surface area contributed by atoms with E-state index in [9.17, 15) is 4.79 Å². The van der Waals surface area contributed by atoms with Crippen molar-refractivity contribution in [3.8, 4) is 5.75 Å². The van der Waals surface area contributed by atoms with E-state index in [1.54, 1.807) is 0 Å². The summed E-state index contributed by atoms with van der Waals surface area (Å²) in [4.78, 5) is 12.0. The van der Waals surface area contributed by atoms with Crippen molar-refractivity contribution in [2.24, 2.45) is 5.92 Å². The average Bonchev–Trinajstić information content (AvgIpc) is 2.38. The van der Waals surface area contributed by atoms with Gasteiger partial charge in [0.25, 0.3) is 0 Å². The van der Waals surface area contributed by atoms with Crippen molar-refractivity contribution in [1.29, 1.82) is 0 Å². The second kappa shape index (κ2) is 6.38. The molecule has 0 N–H and O–H groups in total. The Morgan fingerprint density at radius 2 is 1.94 bits per heavy atom. The predicted octanol–water partition coefficient (Wildman–Crippen LogP) is 3.82. The third kappa shape index (κ3) is 3.69. The highest BCUT2D eigenvalue weighted by atomic mass is 127. The maximum absolute atomic E-state index is 12.0. The van der Waals surface area contributed by atoms with E-state index in [0.29, 0.717) is 0 Å². The maximum atomic E-state index is 12.0. The zero-order chi connectivity index (χ0) is 12.1. The summed E-state index contributed by atoms with van der Waals surface area (Å²) in [5, 5.41) is 0. The van der Waals surface area contributed by atoms with Gasteiger partial charge in [0, 0.05) is 5.92 Å². The minimum Gasteiger partial charge on any atom is -0.485 e. The molecule has 92 valence electrons. The monoisotopic (exact) mass is 344 g/mol. The van der Waals surface area contributed by atoms with Crippen molar-refractivity contribution in [1.82, 2.24) is 0 Å². The number of carbonyl (C=O) groups is 1. The van der Waals surface area contributed by atoms with E-state index in [0.717, 1.165) is 22.2 Å². The summed E-state index contributed by atoms with van der Waals surface area (Å²) in [6.45, 7) is 0.227. The van der Waals surface area contributed by atoms with Gasteiger partial charge >= 0.3 is 0 Å². The first-order valence-corrected chi connectivity index (χ1v) is 7.25. The molecule has 0 aromatic heterocycles. The standard InChI is InChI=1S/C14H17IO2/c15-12-8-4-5-9-14(12)17-10-13(16)11-6-2-1-3-7-11/h4-5,8-9,11H,1-3,6-7,10H2. The van der Waals surface area contributed by atoms with Gasteiger partial charge in [-0.25, -0.2) is 0 Å². The summed E-state index contributed by atoms with van der Waals surface area (Å²) < 4.78 is 6.65. The smallest absolute Gasteiger partial charge is 0.173 e. The molecule has 0 heterocycles. The SMILES string of the molecule is O=C(COc1ccccc1I)C1CCCCC1. The zero-order valence-corrected chi connectivity index (χ0v) is 12.0. The van der Waals surface area contributed by atoms with Crippen LogP contribution in [0.5, 0.6) is 5.75 Å². The molecular weight excluding hydrogens is 327 g/mol. The van der Waals surface area contributed by atoms with E-state index in [4.69, 9.17) is 4.74 Å². The first-order valence-electron chi connectivity index (χ1n) is 6.17.